The molecule has 4 rings (SSSR count). The molecule has 4 nitrogen and oxygen atoms in total. The van der Waals surface area contributed by atoms with E-state index in [4.69, 9.17) is 9.47 Å². The van der Waals surface area contributed by atoms with Gasteiger partial charge in [0, 0.05) is 30.0 Å². The van der Waals surface area contributed by atoms with Gasteiger partial charge < -0.3 is 9.47 Å². The zero-order chi connectivity index (χ0) is 14.9. The number of hydrogen-bond acceptors (Lipinski definition) is 3. The summed E-state index contributed by atoms with van der Waals surface area (Å²) in [5.74, 6) is 0. The highest BCUT2D eigenvalue weighted by atomic mass is 19.1. The van der Waals surface area contributed by atoms with Crippen molar-refractivity contribution in [1.29, 1.82) is 0 Å². The van der Waals surface area contributed by atoms with Gasteiger partial charge in [-0.1, -0.05) is 12.2 Å². The summed E-state index contributed by atoms with van der Waals surface area (Å²) in [4.78, 5) is 0. The number of aromatic nitrogens is 2. The number of hydrogen-bond donors (Lipinski definition) is 0. The van der Waals surface area contributed by atoms with E-state index in [0.717, 1.165) is 48.2 Å². The number of nitrogens with zero attached hydrogens (tertiary/aromatic N) is 2. The average molecular weight is 300 g/mol. The maximum atomic E-state index is 13.2. The highest BCUT2D eigenvalue weighted by Crippen LogP contribution is 2.37. The molecule has 0 aromatic carbocycles. The van der Waals surface area contributed by atoms with Gasteiger partial charge in [0.1, 0.15) is 12.5 Å². The van der Waals surface area contributed by atoms with E-state index in [-0.39, 0.29) is 6.23 Å². The molecular weight excluding hydrogens is 283 g/mol. The van der Waals surface area contributed by atoms with Crippen LogP contribution >= 0.6 is 0 Å². The number of fused-ring (bicyclic) bond motifs is 1. The lowest BCUT2D eigenvalue weighted by Crippen LogP contribution is -2.18. The van der Waals surface area contributed by atoms with E-state index in [0.29, 0.717) is 0 Å². The van der Waals surface area contributed by atoms with Gasteiger partial charge in [-0.2, -0.15) is 9.49 Å². The van der Waals surface area contributed by atoms with Crippen LogP contribution in [0.1, 0.15) is 37.5 Å². The van der Waals surface area contributed by atoms with Crippen molar-refractivity contribution in [3.05, 3.63) is 59.6 Å². The lowest BCUT2D eigenvalue weighted by molar-refractivity contribution is -0.0394. The third-order valence-electron chi connectivity index (χ3n) is 4.18. The standard InChI is InChI=1S/C17H17FN2O2/c18-16-8-12-4-3-5-14(15(12)11-22-16)13-9-19-20(10-13)17-6-1-2-7-21-17/h4-5,8-11,17H,1-3,6-7H2. The molecule has 3 heterocycles. The van der Waals surface area contributed by atoms with Crippen LogP contribution in [-0.4, -0.2) is 16.4 Å². The lowest BCUT2D eigenvalue weighted by Gasteiger charge is -2.22. The molecule has 5 heteroatoms. The summed E-state index contributed by atoms with van der Waals surface area (Å²) in [5, 5.41) is 4.44. The number of allylic oxidation sites excluding steroid dienone is 6. The van der Waals surface area contributed by atoms with Gasteiger partial charge in [0.2, 0.25) is 0 Å². The Morgan fingerprint density at radius 2 is 2.18 bits per heavy atom. The Balaban J connectivity index is 1.60. The third-order valence-corrected chi connectivity index (χ3v) is 4.18. The Bertz CT molecular complexity index is 706. The van der Waals surface area contributed by atoms with Crippen LogP contribution in [0.4, 0.5) is 4.39 Å². The summed E-state index contributed by atoms with van der Waals surface area (Å²) >= 11 is 0. The highest BCUT2D eigenvalue weighted by molar-refractivity contribution is 5.85. The Morgan fingerprint density at radius 1 is 1.23 bits per heavy atom. The topological polar surface area (TPSA) is 36.3 Å². The van der Waals surface area contributed by atoms with E-state index in [1.165, 1.54) is 18.8 Å². The minimum absolute atomic E-state index is 0.0237. The van der Waals surface area contributed by atoms with E-state index < -0.39 is 6.01 Å². The fourth-order valence-electron chi connectivity index (χ4n) is 3.06. The molecule has 0 radical (unpaired) electrons. The largest absolute Gasteiger partial charge is 0.439 e. The van der Waals surface area contributed by atoms with Crippen molar-refractivity contribution in [3.63, 3.8) is 0 Å². The summed E-state index contributed by atoms with van der Waals surface area (Å²) < 4.78 is 25.8. The molecule has 1 atom stereocenters. The van der Waals surface area contributed by atoms with Gasteiger partial charge in [0.25, 0.3) is 6.01 Å². The van der Waals surface area contributed by atoms with Crippen molar-refractivity contribution in [1.82, 2.24) is 9.78 Å². The van der Waals surface area contributed by atoms with Crippen LogP contribution in [0.15, 0.2) is 54.0 Å². The second-order valence-electron chi connectivity index (χ2n) is 5.64. The van der Waals surface area contributed by atoms with Crippen molar-refractivity contribution in [2.75, 3.05) is 6.61 Å². The first-order valence-corrected chi connectivity index (χ1v) is 7.62. The quantitative estimate of drug-likeness (QED) is 0.827. The minimum Gasteiger partial charge on any atom is -0.439 e. The first-order valence-electron chi connectivity index (χ1n) is 7.62. The average Bonchev–Trinajstić information content (AvgIpc) is 3.04. The van der Waals surface area contributed by atoms with E-state index in [1.807, 2.05) is 23.2 Å². The number of rotatable bonds is 2. The van der Waals surface area contributed by atoms with Crippen molar-refractivity contribution in [3.8, 4) is 0 Å². The van der Waals surface area contributed by atoms with Crippen molar-refractivity contribution < 1.29 is 13.9 Å². The van der Waals surface area contributed by atoms with Gasteiger partial charge in [0.15, 0.2) is 0 Å². The van der Waals surface area contributed by atoms with E-state index in [2.05, 4.69) is 11.2 Å². The molecule has 2 aliphatic heterocycles. The minimum atomic E-state index is -0.567. The normalized spacial score (nSPS) is 24.5. The van der Waals surface area contributed by atoms with E-state index in [9.17, 15) is 4.39 Å². The molecule has 1 aromatic heterocycles. The molecule has 1 aromatic rings. The van der Waals surface area contributed by atoms with Gasteiger partial charge in [-0.15, -0.1) is 0 Å². The summed E-state index contributed by atoms with van der Waals surface area (Å²) in [6, 6.07) is -0.567. The molecule has 0 saturated carbocycles. The molecule has 3 aliphatic rings. The monoisotopic (exact) mass is 300 g/mol. The van der Waals surface area contributed by atoms with E-state index >= 15 is 0 Å². The molecular formula is C17H17FN2O2. The first-order chi connectivity index (χ1) is 10.8. The Labute approximate surface area is 128 Å². The van der Waals surface area contributed by atoms with E-state index in [1.54, 1.807) is 0 Å². The lowest BCUT2D eigenvalue weighted by atomic mass is 9.89. The predicted molar refractivity (Wildman–Crippen MR) is 80.1 cm³/mol. The molecule has 0 bridgehead atoms. The molecule has 22 heavy (non-hydrogen) atoms. The molecule has 1 saturated heterocycles. The molecule has 1 aliphatic carbocycles. The van der Waals surface area contributed by atoms with Crippen molar-refractivity contribution >= 4 is 5.57 Å². The maximum absolute atomic E-state index is 13.2. The zero-order valence-corrected chi connectivity index (χ0v) is 12.2. The van der Waals surface area contributed by atoms with Crippen LogP contribution in [0.5, 0.6) is 0 Å². The predicted octanol–water partition coefficient (Wildman–Crippen LogP) is 4.02. The summed E-state index contributed by atoms with van der Waals surface area (Å²) in [5.41, 5.74) is 3.80. The Hall–Kier alpha value is -2.14. The smallest absolute Gasteiger partial charge is 0.278 e. The fourth-order valence-corrected chi connectivity index (χ4v) is 3.06. The zero-order valence-electron chi connectivity index (χ0n) is 12.2. The second-order valence-corrected chi connectivity index (χ2v) is 5.64. The summed E-state index contributed by atoms with van der Waals surface area (Å²) in [7, 11) is 0. The Morgan fingerprint density at radius 3 is 3.05 bits per heavy atom. The van der Waals surface area contributed by atoms with Crippen LogP contribution in [0.25, 0.3) is 5.57 Å². The SMILES string of the molecule is FC1=CC2=CCC=C(c3cnn(C4CCCCO4)c3)C2=CO1. The molecule has 114 valence electrons. The molecule has 1 unspecified atom stereocenters. The molecule has 0 amide bonds. The van der Waals surface area contributed by atoms with Crippen molar-refractivity contribution in [2.45, 2.75) is 31.9 Å². The van der Waals surface area contributed by atoms with Crippen LogP contribution in [0, 0.1) is 0 Å². The first kappa shape index (κ1) is 13.5. The fraction of sp³-hybridized carbons (Fsp3) is 0.353. The Kier molecular flexibility index (Phi) is 3.42. The van der Waals surface area contributed by atoms with Gasteiger partial charge in [-0.05, 0) is 36.8 Å². The van der Waals surface area contributed by atoms with Gasteiger partial charge in [-0.25, -0.2) is 4.68 Å². The molecule has 0 spiro atoms. The number of ether oxygens (including phenoxy) is 2. The van der Waals surface area contributed by atoms with Crippen LogP contribution in [0.3, 0.4) is 0 Å². The van der Waals surface area contributed by atoms with Gasteiger partial charge in [0.05, 0.1) is 6.20 Å². The van der Waals surface area contributed by atoms with Crippen LogP contribution < -0.4 is 0 Å². The van der Waals surface area contributed by atoms with Crippen molar-refractivity contribution in [2.24, 2.45) is 0 Å². The van der Waals surface area contributed by atoms with Crippen LogP contribution in [-0.2, 0) is 9.47 Å². The van der Waals surface area contributed by atoms with Gasteiger partial charge in [-0.3, -0.25) is 0 Å². The summed E-state index contributed by atoms with van der Waals surface area (Å²) in [6.07, 6.45) is 14.9. The van der Waals surface area contributed by atoms with Gasteiger partial charge >= 0.3 is 0 Å². The highest BCUT2D eigenvalue weighted by Gasteiger charge is 2.22. The molecule has 1 fully saturated rings. The second kappa shape index (κ2) is 5.57. The maximum Gasteiger partial charge on any atom is 0.278 e. The number of halogens is 1. The van der Waals surface area contributed by atoms with Crippen LogP contribution in [0.2, 0.25) is 0 Å². The molecule has 0 N–H and O–H groups in total. The summed E-state index contributed by atoms with van der Waals surface area (Å²) in [6.45, 7) is 0.790. The third kappa shape index (κ3) is 2.41.